The van der Waals surface area contributed by atoms with E-state index in [0.717, 1.165) is 12.3 Å². The fourth-order valence-corrected chi connectivity index (χ4v) is 3.34. The zero-order chi connectivity index (χ0) is 20.0. The summed E-state index contributed by atoms with van der Waals surface area (Å²) in [6.45, 7) is 1.74. The van der Waals surface area contributed by atoms with Gasteiger partial charge in [0.05, 0.1) is 17.1 Å². The number of carbonyl (C=O) groups is 2. The van der Waals surface area contributed by atoms with Crippen LogP contribution in [0.3, 0.4) is 0 Å². The van der Waals surface area contributed by atoms with Gasteiger partial charge in [-0.15, -0.1) is 0 Å². The Hall–Kier alpha value is -2.93. The number of carboxylic acids is 1. The van der Waals surface area contributed by atoms with E-state index in [4.69, 9.17) is 4.74 Å². The summed E-state index contributed by atoms with van der Waals surface area (Å²) in [7, 11) is -3.37. The van der Waals surface area contributed by atoms with Crippen LogP contribution in [0.2, 0.25) is 0 Å². The molecule has 1 atom stereocenters. The van der Waals surface area contributed by atoms with E-state index in [9.17, 15) is 23.1 Å². The van der Waals surface area contributed by atoms with Crippen molar-refractivity contribution in [2.45, 2.75) is 17.7 Å². The topological polar surface area (TPSA) is 97.7 Å². The van der Waals surface area contributed by atoms with E-state index in [0.29, 0.717) is 11.1 Å². The lowest BCUT2D eigenvalue weighted by Crippen LogP contribution is -2.17. The van der Waals surface area contributed by atoms with Gasteiger partial charge in [-0.3, -0.25) is 0 Å². The van der Waals surface area contributed by atoms with Crippen molar-refractivity contribution in [3.63, 3.8) is 0 Å². The molecule has 2 aromatic carbocycles. The van der Waals surface area contributed by atoms with Gasteiger partial charge >= 0.3 is 11.9 Å². The largest absolute Gasteiger partial charge is 0.478 e. The molecule has 0 amide bonds. The van der Waals surface area contributed by atoms with Crippen molar-refractivity contribution in [2.24, 2.45) is 0 Å². The summed E-state index contributed by atoms with van der Waals surface area (Å²) in [4.78, 5) is 23.9. The predicted octanol–water partition coefficient (Wildman–Crippen LogP) is 2.80. The Bertz CT molecular complexity index is 944. The smallest absolute Gasteiger partial charge is 0.335 e. The lowest BCUT2D eigenvalue weighted by atomic mass is 9.84. The van der Waals surface area contributed by atoms with E-state index in [1.165, 1.54) is 12.1 Å². The van der Waals surface area contributed by atoms with Crippen LogP contribution in [0.15, 0.2) is 71.1 Å². The summed E-state index contributed by atoms with van der Waals surface area (Å²) in [6, 6.07) is 14.9. The molecule has 6 nitrogen and oxygen atoms in total. The van der Waals surface area contributed by atoms with E-state index in [2.05, 4.69) is 0 Å². The van der Waals surface area contributed by atoms with E-state index in [1.54, 1.807) is 49.4 Å². The van der Waals surface area contributed by atoms with E-state index in [-0.39, 0.29) is 17.1 Å². The van der Waals surface area contributed by atoms with Gasteiger partial charge in [0.2, 0.25) is 0 Å². The molecule has 0 spiro atoms. The third-order valence-corrected chi connectivity index (χ3v) is 5.00. The second-order valence-corrected chi connectivity index (χ2v) is 7.86. The molecule has 27 heavy (non-hydrogen) atoms. The molecule has 0 heterocycles. The van der Waals surface area contributed by atoms with Crippen molar-refractivity contribution in [3.8, 4) is 0 Å². The maximum absolute atomic E-state index is 12.4. The SMILES string of the molecule is CCOC(=O)/C(=C\C(=O)O)C(c1ccccc1)c1ccc(S(C)(=O)=O)cc1. The predicted molar refractivity (Wildman–Crippen MR) is 100 cm³/mol. The normalized spacial score (nSPS) is 13.0. The Labute approximate surface area is 158 Å². The summed E-state index contributed by atoms with van der Waals surface area (Å²) in [5, 5.41) is 9.23. The molecule has 7 heteroatoms. The number of hydrogen-bond acceptors (Lipinski definition) is 5. The van der Waals surface area contributed by atoms with Crippen molar-refractivity contribution < 1.29 is 27.9 Å². The first kappa shape index (κ1) is 20.4. The number of aliphatic carboxylic acids is 1. The fourth-order valence-electron chi connectivity index (χ4n) is 2.71. The Balaban J connectivity index is 2.64. The van der Waals surface area contributed by atoms with Gasteiger partial charge in [-0.25, -0.2) is 18.0 Å². The van der Waals surface area contributed by atoms with Crippen molar-refractivity contribution >= 4 is 21.8 Å². The summed E-state index contributed by atoms with van der Waals surface area (Å²) in [5.74, 6) is -2.72. The lowest BCUT2D eigenvalue weighted by Gasteiger charge is -2.20. The zero-order valence-electron chi connectivity index (χ0n) is 15.0. The van der Waals surface area contributed by atoms with E-state index in [1.807, 2.05) is 0 Å². The quantitative estimate of drug-likeness (QED) is 0.579. The number of ether oxygens (including phenoxy) is 1. The first-order valence-corrected chi connectivity index (χ1v) is 10.1. The number of carboxylic acid groups (broad SMARTS) is 1. The Morgan fingerprint density at radius 1 is 1.04 bits per heavy atom. The first-order valence-electron chi connectivity index (χ1n) is 8.20. The molecular formula is C20H20O6S. The number of carbonyl (C=O) groups excluding carboxylic acids is 1. The molecule has 0 aliphatic rings. The standard InChI is InChI=1S/C20H20O6S/c1-3-26-20(23)17(13-18(21)22)19(14-7-5-4-6-8-14)15-9-11-16(12-10-15)27(2,24)25/h4-13,19H,3H2,1-2H3,(H,21,22)/b17-13-. The van der Waals surface area contributed by atoms with Gasteiger partial charge in [0.25, 0.3) is 0 Å². The van der Waals surface area contributed by atoms with Gasteiger partial charge < -0.3 is 9.84 Å². The summed E-state index contributed by atoms with van der Waals surface area (Å²) < 4.78 is 28.4. The molecule has 0 aromatic heterocycles. The average molecular weight is 388 g/mol. The molecule has 0 bridgehead atoms. The highest BCUT2D eigenvalue weighted by Gasteiger charge is 2.27. The highest BCUT2D eigenvalue weighted by molar-refractivity contribution is 7.90. The van der Waals surface area contributed by atoms with Crippen LogP contribution in [0.5, 0.6) is 0 Å². The minimum atomic E-state index is -3.37. The molecule has 1 N–H and O–H groups in total. The monoisotopic (exact) mass is 388 g/mol. The summed E-state index contributed by atoms with van der Waals surface area (Å²) >= 11 is 0. The molecule has 0 aliphatic heterocycles. The van der Waals surface area contributed by atoms with Crippen molar-refractivity contribution in [3.05, 3.63) is 77.4 Å². The van der Waals surface area contributed by atoms with Crippen molar-refractivity contribution in [1.29, 1.82) is 0 Å². The summed E-state index contributed by atoms with van der Waals surface area (Å²) in [5.41, 5.74) is 1.22. The lowest BCUT2D eigenvalue weighted by molar-refractivity contribution is -0.139. The zero-order valence-corrected chi connectivity index (χ0v) is 15.8. The van der Waals surface area contributed by atoms with Gasteiger partial charge in [-0.1, -0.05) is 42.5 Å². The molecule has 0 saturated heterocycles. The maximum Gasteiger partial charge on any atom is 0.335 e. The molecule has 0 saturated carbocycles. The molecule has 0 fully saturated rings. The van der Waals surface area contributed by atoms with Gasteiger partial charge in [0.1, 0.15) is 0 Å². The first-order chi connectivity index (χ1) is 12.7. The summed E-state index contributed by atoms with van der Waals surface area (Å²) in [6.07, 6.45) is 1.94. The molecule has 1 unspecified atom stereocenters. The fraction of sp³-hybridized carbons (Fsp3) is 0.200. The van der Waals surface area contributed by atoms with Crippen LogP contribution >= 0.6 is 0 Å². The molecular weight excluding hydrogens is 368 g/mol. The van der Waals surface area contributed by atoms with Crippen LogP contribution < -0.4 is 0 Å². The Morgan fingerprint density at radius 3 is 2.07 bits per heavy atom. The van der Waals surface area contributed by atoms with Crippen LogP contribution in [0.4, 0.5) is 0 Å². The third kappa shape index (κ3) is 5.27. The number of rotatable bonds is 7. The molecule has 142 valence electrons. The van der Waals surface area contributed by atoms with Crippen molar-refractivity contribution in [1.82, 2.24) is 0 Å². The van der Waals surface area contributed by atoms with E-state index < -0.39 is 27.7 Å². The number of sulfone groups is 1. The minimum Gasteiger partial charge on any atom is -0.478 e. The van der Waals surface area contributed by atoms with Crippen LogP contribution in [0.1, 0.15) is 24.0 Å². The van der Waals surface area contributed by atoms with Crippen LogP contribution in [0, 0.1) is 0 Å². The van der Waals surface area contributed by atoms with Gasteiger partial charge in [-0.05, 0) is 30.2 Å². The number of hydrogen-bond donors (Lipinski definition) is 1. The van der Waals surface area contributed by atoms with Gasteiger partial charge in [0.15, 0.2) is 9.84 Å². The number of benzene rings is 2. The highest BCUT2D eigenvalue weighted by atomic mass is 32.2. The Morgan fingerprint density at radius 2 is 1.59 bits per heavy atom. The molecule has 2 aromatic rings. The van der Waals surface area contributed by atoms with Crippen LogP contribution in [-0.2, 0) is 24.2 Å². The second kappa shape index (κ2) is 8.64. The maximum atomic E-state index is 12.4. The molecule has 0 aliphatic carbocycles. The van der Waals surface area contributed by atoms with Crippen LogP contribution in [-0.4, -0.2) is 38.3 Å². The molecule has 2 rings (SSSR count). The van der Waals surface area contributed by atoms with E-state index >= 15 is 0 Å². The highest BCUT2D eigenvalue weighted by Crippen LogP contribution is 2.33. The average Bonchev–Trinajstić information content (AvgIpc) is 2.61. The van der Waals surface area contributed by atoms with Gasteiger partial charge in [0, 0.05) is 18.2 Å². The minimum absolute atomic E-state index is 0.0392. The van der Waals surface area contributed by atoms with Crippen LogP contribution in [0.25, 0.3) is 0 Å². The second-order valence-electron chi connectivity index (χ2n) is 5.84. The number of esters is 1. The van der Waals surface area contributed by atoms with Gasteiger partial charge in [-0.2, -0.15) is 0 Å². The van der Waals surface area contributed by atoms with Crippen molar-refractivity contribution in [2.75, 3.05) is 12.9 Å². The Kier molecular flexibility index (Phi) is 6.52. The third-order valence-electron chi connectivity index (χ3n) is 3.88. The molecule has 0 radical (unpaired) electrons.